The summed E-state index contributed by atoms with van der Waals surface area (Å²) in [5, 5.41) is 0. The van der Waals surface area contributed by atoms with E-state index in [0.717, 1.165) is 17.1 Å². The van der Waals surface area contributed by atoms with Gasteiger partial charge in [0.15, 0.2) is 5.75 Å². The van der Waals surface area contributed by atoms with Crippen LogP contribution in [-0.2, 0) is 0 Å². The molecule has 1 aliphatic rings. The summed E-state index contributed by atoms with van der Waals surface area (Å²) in [6.45, 7) is 4.31. The quantitative estimate of drug-likeness (QED) is 0.780. The standard InChI is InChI=1S/C13H20N2O/c1-9(2)12-13(16-10-5-6-10)11(15(3)4)7-8-14-12/h7-10H,5-6H2,1-4H3. The SMILES string of the molecule is CC(C)c1nccc(N(C)C)c1OC1CC1. The van der Waals surface area contributed by atoms with E-state index >= 15 is 0 Å². The number of anilines is 1. The van der Waals surface area contributed by atoms with Gasteiger partial charge in [-0.15, -0.1) is 0 Å². The number of pyridine rings is 1. The summed E-state index contributed by atoms with van der Waals surface area (Å²) in [5.74, 6) is 1.37. The van der Waals surface area contributed by atoms with Gasteiger partial charge >= 0.3 is 0 Å². The summed E-state index contributed by atoms with van der Waals surface area (Å²) < 4.78 is 6.01. The van der Waals surface area contributed by atoms with Gasteiger partial charge in [0.05, 0.1) is 17.5 Å². The zero-order valence-corrected chi connectivity index (χ0v) is 10.5. The normalized spacial score (nSPS) is 15.3. The largest absolute Gasteiger partial charge is 0.486 e. The molecule has 0 spiro atoms. The van der Waals surface area contributed by atoms with Crippen molar-refractivity contribution in [3.63, 3.8) is 0 Å². The number of aromatic nitrogens is 1. The van der Waals surface area contributed by atoms with E-state index in [9.17, 15) is 0 Å². The number of rotatable bonds is 4. The first-order chi connectivity index (χ1) is 7.59. The van der Waals surface area contributed by atoms with Crippen LogP contribution in [-0.4, -0.2) is 25.2 Å². The fraction of sp³-hybridized carbons (Fsp3) is 0.615. The Morgan fingerprint density at radius 1 is 1.38 bits per heavy atom. The molecule has 3 nitrogen and oxygen atoms in total. The Labute approximate surface area is 97.4 Å². The predicted molar refractivity (Wildman–Crippen MR) is 66.3 cm³/mol. The van der Waals surface area contributed by atoms with Crippen LogP contribution >= 0.6 is 0 Å². The van der Waals surface area contributed by atoms with E-state index in [1.54, 1.807) is 0 Å². The maximum absolute atomic E-state index is 6.01. The van der Waals surface area contributed by atoms with Crippen LogP contribution in [0.2, 0.25) is 0 Å². The van der Waals surface area contributed by atoms with Crippen LogP contribution in [0.25, 0.3) is 0 Å². The van der Waals surface area contributed by atoms with Crippen molar-refractivity contribution in [3.8, 4) is 5.75 Å². The lowest BCUT2D eigenvalue weighted by molar-refractivity contribution is 0.298. The lowest BCUT2D eigenvalue weighted by atomic mass is 10.1. The van der Waals surface area contributed by atoms with Gasteiger partial charge < -0.3 is 9.64 Å². The smallest absolute Gasteiger partial charge is 0.164 e. The fourth-order valence-electron chi connectivity index (χ4n) is 1.69. The van der Waals surface area contributed by atoms with Gasteiger partial charge in [-0.25, -0.2) is 0 Å². The van der Waals surface area contributed by atoms with Crippen molar-refractivity contribution < 1.29 is 4.74 Å². The molecule has 1 fully saturated rings. The molecular formula is C13H20N2O. The molecule has 1 saturated carbocycles. The van der Waals surface area contributed by atoms with Crippen LogP contribution in [0.1, 0.15) is 38.3 Å². The third kappa shape index (κ3) is 2.29. The van der Waals surface area contributed by atoms with Gasteiger partial charge in [-0.1, -0.05) is 13.8 Å². The van der Waals surface area contributed by atoms with Crippen LogP contribution in [0.3, 0.4) is 0 Å². The molecule has 0 amide bonds. The topological polar surface area (TPSA) is 25.4 Å². The van der Waals surface area contributed by atoms with Gasteiger partial charge in [-0.2, -0.15) is 0 Å². The van der Waals surface area contributed by atoms with Crippen LogP contribution in [0.4, 0.5) is 5.69 Å². The minimum atomic E-state index is 0.397. The van der Waals surface area contributed by atoms with E-state index in [1.807, 2.05) is 26.4 Å². The molecule has 0 unspecified atom stereocenters. The highest BCUT2D eigenvalue weighted by Gasteiger charge is 2.27. The molecule has 0 aromatic carbocycles. The van der Waals surface area contributed by atoms with Crippen LogP contribution in [0, 0.1) is 0 Å². The lowest BCUT2D eigenvalue weighted by Crippen LogP contribution is -2.13. The molecule has 0 bridgehead atoms. The molecule has 1 aromatic heterocycles. The first kappa shape index (κ1) is 11.2. The molecule has 0 N–H and O–H groups in total. The zero-order valence-electron chi connectivity index (χ0n) is 10.5. The zero-order chi connectivity index (χ0) is 11.7. The van der Waals surface area contributed by atoms with E-state index in [1.165, 1.54) is 12.8 Å². The van der Waals surface area contributed by atoms with Crippen molar-refractivity contribution in [2.45, 2.75) is 38.7 Å². The molecule has 0 aliphatic heterocycles. The first-order valence-electron chi connectivity index (χ1n) is 5.92. The summed E-state index contributed by atoms with van der Waals surface area (Å²) in [5.41, 5.74) is 2.20. The summed E-state index contributed by atoms with van der Waals surface area (Å²) in [6, 6.07) is 2.02. The molecule has 16 heavy (non-hydrogen) atoms. The third-order valence-electron chi connectivity index (χ3n) is 2.75. The molecule has 1 aliphatic carbocycles. The highest BCUT2D eigenvalue weighted by Crippen LogP contribution is 2.37. The molecule has 1 aromatic rings. The highest BCUT2D eigenvalue weighted by atomic mass is 16.5. The number of hydrogen-bond donors (Lipinski definition) is 0. The predicted octanol–water partition coefficient (Wildman–Crippen LogP) is 2.81. The Hall–Kier alpha value is -1.25. The highest BCUT2D eigenvalue weighted by molar-refractivity contribution is 5.59. The molecular weight excluding hydrogens is 200 g/mol. The Morgan fingerprint density at radius 3 is 2.56 bits per heavy atom. The maximum atomic E-state index is 6.01. The van der Waals surface area contributed by atoms with Gasteiger partial charge in [-0.3, -0.25) is 4.98 Å². The molecule has 3 heteroatoms. The third-order valence-corrected chi connectivity index (χ3v) is 2.75. The van der Waals surface area contributed by atoms with Crippen molar-refractivity contribution in [3.05, 3.63) is 18.0 Å². The van der Waals surface area contributed by atoms with Gasteiger partial charge in [0, 0.05) is 20.3 Å². The van der Waals surface area contributed by atoms with Gasteiger partial charge in [-0.05, 0) is 24.8 Å². The average Bonchev–Trinajstić information content (AvgIpc) is 3.01. The van der Waals surface area contributed by atoms with Gasteiger partial charge in [0.1, 0.15) is 0 Å². The van der Waals surface area contributed by atoms with E-state index < -0.39 is 0 Å². The first-order valence-corrected chi connectivity index (χ1v) is 5.92. The Morgan fingerprint density at radius 2 is 2.06 bits per heavy atom. The van der Waals surface area contributed by atoms with E-state index in [4.69, 9.17) is 4.74 Å². The monoisotopic (exact) mass is 220 g/mol. The molecule has 88 valence electrons. The van der Waals surface area contributed by atoms with Crippen LogP contribution in [0.5, 0.6) is 5.75 Å². The number of ether oxygens (including phenoxy) is 1. The second-order valence-corrected chi connectivity index (χ2v) is 4.91. The second-order valence-electron chi connectivity index (χ2n) is 4.91. The molecule has 1 heterocycles. The minimum Gasteiger partial charge on any atom is -0.486 e. The fourth-order valence-corrected chi connectivity index (χ4v) is 1.69. The Kier molecular flexibility index (Phi) is 3.03. The van der Waals surface area contributed by atoms with Crippen molar-refractivity contribution in [2.75, 3.05) is 19.0 Å². The van der Waals surface area contributed by atoms with E-state index in [0.29, 0.717) is 12.0 Å². The maximum Gasteiger partial charge on any atom is 0.164 e. The Bertz CT molecular complexity index is 344. The summed E-state index contributed by atoms with van der Waals surface area (Å²) >= 11 is 0. The summed E-state index contributed by atoms with van der Waals surface area (Å²) in [4.78, 5) is 6.54. The van der Waals surface area contributed by atoms with E-state index in [2.05, 4.69) is 23.7 Å². The minimum absolute atomic E-state index is 0.397. The van der Waals surface area contributed by atoms with Crippen molar-refractivity contribution in [1.82, 2.24) is 4.98 Å². The molecule has 2 rings (SSSR count). The molecule has 0 atom stereocenters. The van der Waals surface area contributed by atoms with Crippen LogP contribution < -0.4 is 9.64 Å². The molecule has 0 saturated heterocycles. The lowest BCUT2D eigenvalue weighted by Gasteiger charge is -2.21. The van der Waals surface area contributed by atoms with E-state index in [-0.39, 0.29) is 0 Å². The van der Waals surface area contributed by atoms with Crippen LogP contribution in [0.15, 0.2) is 12.3 Å². The number of nitrogens with zero attached hydrogens (tertiary/aromatic N) is 2. The van der Waals surface area contributed by atoms with Crippen molar-refractivity contribution in [1.29, 1.82) is 0 Å². The van der Waals surface area contributed by atoms with Crippen molar-refractivity contribution in [2.24, 2.45) is 0 Å². The number of hydrogen-bond acceptors (Lipinski definition) is 3. The van der Waals surface area contributed by atoms with Gasteiger partial charge in [0.2, 0.25) is 0 Å². The van der Waals surface area contributed by atoms with Crippen molar-refractivity contribution >= 4 is 5.69 Å². The summed E-state index contributed by atoms with van der Waals surface area (Å²) in [6.07, 6.45) is 4.64. The summed E-state index contributed by atoms with van der Waals surface area (Å²) in [7, 11) is 4.08. The molecule has 0 radical (unpaired) electrons. The van der Waals surface area contributed by atoms with Gasteiger partial charge in [0.25, 0.3) is 0 Å². The Balaban J connectivity index is 2.38. The average molecular weight is 220 g/mol. The second kappa shape index (κ2) is 4.32.